The zero-order valence-corrected chi connectivity index (χ0v) is 12.5. The van der Waals surface area contributed by atoms with Crippen LogP contribution < -0.4 is 0 Å². The van der Waals surface area contributed by atoms with Crippen molar-refractivity contribution in [3.8, 4) is 9.88 Å². The number of hydrogen-bond acceptors (Lipinski definition) is 7. The Labute approximate surface area is 117 Å². The SMILES string of the molecule is COC(=O)CCSc1nnc(-c2ccc(C)s2)s1. The van der Waals surface area contributed by atoms with Crippen LogP contribution in [0.4, 0.5) is 0 Å². The molecule has 0 aliphatic rings. The van der Waals surface area contributed by atoms with Crippen molar-refractivity contribution >= 4 is 40.4 Å². The summed E-state index contributed by atoms with van der Waals surface area (Å²) in [6.45, 7) is 2.07. The number of nitrogens with zero attached hydrogens (tertiary/aromatic N) is 2. The van der Waals surface area contributed by atoms with Crippen molar-refractivity contribution in [3.05, 3.63) is 17.0 Å². The Morgan fingerprint density at radius 3 is 2.89 bits per heavy atom. The number of carbonyl (C=O) groups is 1. The lowest BCUT2D eigenvalue weighted by atomic mass is 10.4. The van der Waals surface area contributed by atoms with Crippen molar-refractivity contribution in [1.82, 2.24) is 10.2 Å². The van der Waals surface area contributed by atoms with Gasteiger partial charge in [-0.25, -0.2) is 0 Å². The summed E-state index contributed by atoms with van der Waals surface area (Å²) >= 11 is 4.80. The van der Waals surface area contributed by atoms with Gasteiger partial charge in [-0.2, -0.15) is 0 Å². The number of aryl methyl sites for hydroxylation is 1. The zero-order chi connectivity index (χ0) is 13.0. The number of aromatic nitrogens is 2. The van der Waals surface area contributed by atoms with Crippen LogP contribution in [-0.4, -0.2) is 29.0 Å². The molecule has 0 unspecified atom stereocenters. The number of rotatable bonds is 5. The second kappa shape index (κ2) is 6.31. The molecule has 0 N–H and O–H groups in total. The van der Waals surface area contributed by atoms with E-state index in [-0.39, 0.29) is 5.97 Å². The van der Waals surface area contributed by atoms with Crippen LogP contribution in [0.3, 0.4) is 0 Å². The van der Waals surface area contributed by atoms with E-state index >= 15 is 0 Å². The fourth-order valence-corrected chi connectivity index (χ4v) is 4.00. The highest BCUT2D eigenvalue weighted by Gasteiger charge is 2.09. The maximum Gasteiger partial charge on any atom is 0.306 e. The summed E-state index contributed by atoms with van der Waals surface area (Å²) in [6.07, 6.45) is 0.397. The van der Waals surface area contributed by atoms with E-state index in [4.69, 9.17) is 0 Å². The molecule has 0 bridgehead atoms. The molecule has 0 aliphatic heterocycles. The number of thioether (sulfide) groups is 1. The summed E-state index contributed by atoms with van der Waals surface area (Å²) in [6, 6.07) is 4.13. The van der Waals surface area contributed by atoms with Gasteiger partial charge in [-0.1, -0.05) is 23.1 Å². The fourth-order valence-electron chi connectivity index (χ4n) is 1.24. The van der Waals surface area contributed by atoms with Gasteiger partial charge in [0.1, 0.15) is 0 Å². The van der Waals surface area contributed by atoms with Crippen molar-refractivity contribution in [3.63, 3.8) is 0 Å². The van der Waals surface area contributed by atoms with Gasteiger partial charge in [0.15, 0.2) is 9.35 Å². The first-order valence-electron chi connectivity index (χ1n) is 5.29. The van der Waals surface area contributed by atoms with Crippen LogP contribution in [0.2, 0.25) is 0 Å². The van der Waals surface area contributed by atoms with E-state index in [1.54, 1.807) is 22.7 Å². The first kappa shape index (κ1) is 13.5. The van der Waals surface area contributed by atoms with Gasteiger partial charge in [0, 0.05) is 10.6 Å². The van der Waals surface area contributed by atoms with Crippen molar-refractivity contribution in [2.24, 2.45) is 0 Å². The highest BCUT2D eigenvalue weighted by molar-refractivity contribution is 8.01. The maximum atomic E-state index is 11.0. The molecule has 7 heteroatoms. The number of ether oxygens (including phenoxy) is 1. The number of carbonyl (C=O) groups excluding carboxylic acids is 1. The molecule has 2 rings (SSSR count). The molecule has 0 fully saturated rings. The third-order valence-electron chi connectivity index (χ3n) is 2.12. The van der Waals surface area contributed by atoms with Crippen LogP contribution in [0, 0.1) is 6.92 Å². The largest absolute Gasteiger partial charge is 0.469 e. The van der Waals surface area contributed by atoms with E-state index in [2.05, 4.69) is 34.0 Å². The van der Waals surface area contributed by atoms with E-state index in [9.17, 15) is 4.79 Å². The maximum absolute atomic E-state index is 11.0. The molecule has 18 heavy (non-hydrogen) atoms. The predicted octanol–water partition coefficient (Wildman–Crippen LogP) is 3.23. The van der Waals surface area contributed by atoms with E-state index in [1.165, 1.54) is 23.7 Å². The number of thiophene rings is 1. The highest BCUT2D eigenvalue weighted by atomic mass is 32.2. The zero-order valence-electron chi connectivity index (χ0n) is 10.0. The fraction of sp³-hybridized carbons (Fsp3) is 0.364. The van der Waals surface area contributed by atoms with E-state index < -0.39 is 0 Å². The molecule has 0 radical (unpaired) electrons. The molecule has 0 amide bonds. The molecule has 0 saturated heterocycles. The van der Waals surface area contributed by atoms with Crippen LogP contribution in [0.25, 0.3) is 9.88 Å². The lowest BCUT2D eigenvalue weighted by Gasteiger charge is -1.95. The smallest absolute Gasteiger partial charge is 0.306 e. The third kappa shape index (κ3) is 3.54. The Kier molecular flexibility index (Phi) is 4.73. The molecule has 96 valence electrons. The molecule has 2 heterocycles. The molecule has 0 saturated carbocycles. The minimum absolute atomic E-state index is 0.193. The summed E-state index contributed by atoms with van der Waals surface area (Å²) in [5, 5.41) is 9.21. The quantitative estimate of drug-likeness (QED) is 0.627. The molecule has 2 aromatic rings. The topological polar surface area (TPSA) is 52.1 Å². The first-order chi connectivity index (χ1) is 8.69. The summed E-state index contributed by atoms with van der Waals surface area (Å²) in [5.41, 5.74) is 0. The standard InChI is InChI=1S/C11H12N2O2S3/c1-7-3-4-8(17-7)10-12-13-11(18-10)16-6-5-9(14)15-2/h3-4H,5-6H2,1-2H3. The Morgan fingerprint density at radius 1 is 1.39 bits per heavy atom. The number of hydrogen-bond donors (Lipinski definition) is 0. The first-order valence-corrected chi connectivity index (χ1v) is 7.91. The average Bonchev–Trinajstić information content (AvgIpc) is 2.97. The molecule has 2 aromatic heterocycles. The van der Waals surface area contributed by atoms with Gasteiger partial charge in [0.05, 0.1) is 18.4 Å². The predicted molar refractivity (Wildman–Crippen MR) is 75.3 cm³/mol. The third-order valence-corrected chi connectivity index (χ3v) is 5.35. The van der Waals surface area contributed by atoms with Crippen molar-refractivity contribution in [2.45, 2.75) is 17.7 Å². The summed E-state index contributed by atoms with van der Waals surface area (Å²) < 4.78 is 5.47. The minimum atomic E-state index is -0.193. The van der Waals surface area contributed by atoms with Crippen LogP contribution in [0.5, 0.6) is 0 Å². The number of methoxy groups -OCH3 is 1. The second-order valence-electron chi connectivity index (χ2n) is 3.46. The normalized spacial score (nSPS) is 10.6. The van der Waals surface area contributed by atoms with Crippen LogP contribution in [-0.2, 0) is 9.53 Å². The lowest BCUT2D eigenvalue weighted by Crippen LogP contribution is -2.00. The minimum Gasteiger partial charge on any atom is -0.469 e. The van der Waals surface area contributed by atoms with Crippen molar-refractivity contribution in [1.29, 1.82) is 0 Å². The Morgan fingerprint density at radius 2 is 2.22 bits per heavy atom. The average molecular weight is 300 g/mol. The van der Waals surface area contributed by atoms with Gasteiger partial charge in [0.25, 0.3) is 0 Å². The summed E-state index contributed by atoms with van der Waals surface area (Å²) in [5.74, 6) is 0.478. The molecular weight excluding hydrogens is 288 g/mol. The molecule has 0 atom stereocenters. The molecule has 0 aliphatic carbocycles. The van der Waals surface area contributed by atoms with Crippen molar-refractivity contribution in [2.75, 3.05) is 12.9 Å². The Balaban J connectivity index is 1.92. The monoisotopic (exact) mass is 300 g/mol. The van der Waals surface area contributed by atoms with E-state index in [0.717, 1.165) is 14.2 Å². The molecule has 4 nitrogen and oxygen atoms in total. The Hall–Kier alpha value is -0.920. The second-order valence-corrected chi connectivity index (χ2v) is 7.07. The van der Waals surface area contributed by atoms with E-state index in [0.29, 0.717) is 12.2 Å². The van der Waals surface area contributed by atoms with Gasteiger partial charge in [-0.05, 0) is 19.1 Å². The highest BCUT2D eigenvalue weighted by Crippen LogP contribution is 2.33. The van der Waals surface area contributed by atoms with Gasteiger partial charge in [-0.3, -0.25) is 4.79 Å². The van der Waals surface area contributed by atoms with Crippen LogP contribution in [0.15, 0.2) is 16.5 Å². The van der Waals surface area contributed by atoms with Crippen LogP contribution >= 0.6 is 34.4 Å². The molecule has 0 spiro atoms. The lowest BCUT2D eigenvalue weighted by molar-refractivity contribution is -0.140. The van der Waals surface area contributed by atoms with Gasteiger partial charge < -0.3 is 4.74 Å². The number of esters is 1. The molecule has 0 aromatic carbocycles. The van der Waals surface area contributed by atoms with E-state index in [1.807, 2.05) is 0 Å². The summed E-state index contributed by atoms with van der Waals surface area (Å²) in [7, 11) is 1.40. The Bertz CT molecular complexity index is 536. The van der Waals surface area contributed by atoms with Crippen LogP contribution in [0.1, 0.15) is 11.3 Å². The van der Waals surface area contributed by atoms with Gasteiger partial charge >= 0.3 is 5.97 Å². The van der Waals surface area contributed by atoms with Crippen molar-refractivity contribution < 1.29 is 9.53 Å². The van der Waals surface area contributed by atoms with Gasteiger partial charge in [0.2, 0.25) is 0 Å². The van der Waals surface area contributed by atoms with Gasteiger partial charge in [-0.15, -0.1) is 21.5 Å². The summed E-state index contributed by atoms with van der Waals surface area (Å²) in [4.78, 5) is 13.4. The molecular formula is C11H12N2O2S3.